The number of hydrogen-bond donors (Lipinski definition) is 0. The Labute approximate surface area is 115 Å². The maximum atomic E-state index is 13.6. The highest BCUT2D eigenvalue weighted by Crippen LogP contribution is 2.24. The minimum atomic E-state index is -4.53. The molecule has 0 amide bonds. The summed E-state index contributed by atoms with van der Waals surface area (Å²) in [5.41, 5.74) is 0.641. The van der Waals surface area contributed by atoms with Gasteiger partial charge in [0.2, 0.25) is 0 Å². The van der Waals surface area contributed by atoms with Crippen LogP contribution in [-0.4, -0.2) is 23.3 Å². The van der Waals surface area contributed by atoms with Crippen molar-refractivity contribution in [2.45, 2.75) is 46.0 Å². The lowest BCUT2D eigenvalue weighted by Gasteiger charge is -2.36. The minimum absolute atomic E-state index is 0.249. The number of aromatic nitrogens is 1. The average molecular weight is 293 g/mol. The van der Waals surface area contributed by atoms with E-state index in [4.69, 9.17) is 0 Å². The van der Waals surface area contributed by atoms with Crippen LogP contribution < -0.4 is 4.74 Å². The van der Waals surface area contributed by atoms with E-state index in [0.717, 1.165) is 6.07 Å². The molecule has 0 bridgehead atoms. The number of rotatable bonds is 4. The van der Waals surface area contributed by atoms with E-state index in [1.807, 2.05) is 20.8 Å². The number of halogens is 4. The molecule has 0 aromatic carbocycles. The molecule has 1 aromatic heterocycles. The fraction of sp³-hybridized carbons (Fsp3) is 0.615. The maximum absolute atomic E-state index is 13.6. The molecule has 0 aliphatic heterocycles. The number of hydrogen-bond acceptors (Lipinski definition) is 2. The average Bonchev–Trinajstić information content (AvgIpc) is 2.25. The molecular formula is C13H17F4N2O-. The van der Waals surface area contributed by atoms with Crippen LogP contribution in [0.3, 0.4) is 0 Å². The van der Waals surface area contributed by atoms with Gasteiger partial charge < -0.3 is 10.1 Å². The van der Waals surface area contributed by atoms with E-state index in [2.05, 4.69) is 15.0 Å². The van der Waals surface area contributed by atoms with Crippen LogP contribution in [0.25, 0.3) is 5.32 Å². The van der Waals surface area contributed by atoms with Crippen LogP contribution >= 0.6 is 0 Å². The van der Waals surface area contributed by atoms with Crippen molar-refractivity contribution in [3.8, 4) is 5.88 Å². The molecule has 0 saturated carbocycles. The Balaban J connectivity index is 2.81. The standard InChI is InChI=1S/C13H17F4N2O/c1-8-9(6-18-12(2,3)4)5-10(14)11(19-8)20-7-13(15,16)17/h5H,6-7H2,1-4H3/q-1. The molecule has 0 fully saturated rings. The highest BCUT2D eigenvalue weighted by Gasteiger charge is 2.29. The lowest BCUT2D eigenvalue weighted by molar-refractivity contribution is -0.154. The van der Waals surface area contributed by atoms with E-state index < -0.39 is 24.5 Å². The quantitative estimate of drug-likeness (QED) is 0.782. The first-order valence-corrected chi connectivity index (χ1v) is 6.02. The second kappa shape index (κ2) is 5.95. The molecule has 1 rings (SSSR count). The van der Waals surface area contributed by atoms with E-state index in [9.17, 15) is 17.6 Å². The summed E-state index contributed by atoms with van der Waals surface area (Å²) in [5.74, 6) is -1.56. The summed E-state index contributed by atoms with van der Waals surface area (Å²) in [4.78, 5) is 3.72. The molecule has 114 valence electrons. The zero-order valence-electron chi connectivity index (χ0n) is 11.8. The molecule has 0 unspecified atom stereocenters. The van der Waals surface area contributed by atoms with Gasteiger partial charge in [0.25, 0.3) is 5.88 Å². The topological polar surface area (TPSA) is 36.2 Å². The number of pyridine rings is 1. The number of ether oxygens (including phenoxy) is 1. The summed E-state index contributed by atoms with van der Waals surface area (Å²) >= 11 is 0. The Kier molecular flexibility index (Phi) is 4.96. The van der Waals surface area contributed by atoms with E-state index in [0.29, 0.717) is 11.3 Å². The highest BCUT2D eigenvalue weighted by atomic mass is 19.4. The molecule has 7 heteroatoms. The van der Waals surface area contributed by atoms with Gasteiger partial charge in [0.1, 0.15) is 0 Å². The first-order chi connectivity index (χ1) is 8.98. The van der Waals surface area contributed by atoms with Gasteiger partial charge >= 0.3 is 6.18 Å². The van der Waals surface area contributed by atoms with Crippen molar-refractivity contribution in [2.75, 3.05) is 6.61 Å². The monoisotopic (exact) mass is 293 g/mol. The van der Waals surface area contributed by atoms with Crippen LogP contribution in [-0.2, 0) is 6.54 Å². The van der Waals surface area contributed by atoms with E-state index in [1.165, 1.54) is 0 Å². The molecule has 3 nitrogen and oxygen atoms in total. The third kappa shape index (κ3) is 5.73. The van der Waals surface area contributed by atoms with Gasteiger partial charge in [0.05, 0.1) is 0 Å². The Morgan fingerprint density at radius 2 is 1.85 bits per heavy atom. The van der Waals surface area contributed by atoms with Gasteiger partial charge in [-0.15, -0.1) is 12.1 Å². The predicted octanol–water partition coefficient (Wildman–Crippen LogP) is 4.14. The van der Waals surface area contributed by atoms with Crippen LogP contribution in [0.4, 0.5) is 17.6 Å². The van der Waals surface area contributed by atoms with Gasteiger partial charge in [-0.3, -0.25) is 0 Å². The van der Waals surface area contributed by atoms with Gasteiger partial charge in [-0.25, -0.2) is 9.37 Å². The predicted molar refractivity (Wildman–Crippen MR) is 67.3 cm³/mol. The van der Waals surface area contributed by atoms with E-state index in [-0.39, 0.29) is 12.1 Å². The van der Waals surface area contributed by atoms with Gasteiger partial charge in [0.15, 0.2) is 12.4 Å². The van der Waals surface area contributed by atoms with E-state index >= 15 is 0 Å². The van der Waals surface area contributed by atoms with Crippen LogP contribution in [0.1, 0.15) is 32.0 Å². The normalized spacial score (nSPS) is 12.6. The molecule has 0 radical (unpaired) electrons. The summed E-state index contributed by atoms with van der Waals surface area (Å²) in [6, 6.07) is 1.11. The van der Waals surface area contributed by atoms with Gasteiger partial charge in [0, 0.05) is 5.69 Å². The Morgan fingerprint density at radius 1 is 1.25 bits per heavy atom. The molecule has 0 spiro atoms. The summed E-state index contributed by atoms with van der Waals surface area (Å²) in [6.45, 7) is 5.95. The largest absolute Gasteiger partial charge is 0.654 e. The van der Waals surface area contributed by atoms with Gasteiger partial charge in [-0.05, 0) is 18.6 Å². The number of alkyl halides is 3. The summed E-state index contributed by atoms with van der Waals surface area (Å²) in [7, 11) is 0. The van der Waals surface area contributed by atoms with Crippen LogP contribution in [0.15, 0.2) is 6.07 Å². The second-order valence-electron chi connectivity index (χ2n) is 5.41. The fourth-order valence-electron chi connectivity index (χ4n) is 1.33. The lowest BCUT2D eigenvalue weighted by Crippen LogP contribution is -2.20. The van der Waals surface area contributed by atoms with Crippen molar-refractivity contribution in [2.24, 2.45) is 0 Å². The van der Waals surface area contributed by atoms with Crippen molar-refractivity contribution >= 4 is 0 Å². The van der Waals surface area contributed by atoms with Crippen molar-refractivity contribution in [1.29, 1.82) is 0 Å². The lowest BCUT2D eigenvalue weighted by atomic mass is 10.1. The summed E-state index contributed by atoms with van der Waals surface area (Å²) < 4.78 is 54.0. The van der Waals surface area contributed by atoms with Crippen molar-refractivity contribution < 1.29 is 22.3 Å². The zero-order chi connectivity index (χ0) is 15.6. The maximum Gasteiger partial charge on any atom is 0.422 e. The van der Waals surface area contributed by atoms with E-state index in [1.54, 1.807) is 6.92 Å². The van der Waals surface area contributed by atoms with Crippen LogP contribution in [0.2, 0.25) is 0 Å². The molecule has 0 saturated heterocycles. The summed E-state index contributed by atoms with van der Waals surface area (Å²) in [5, 5.41) is 4.32. The fourth-order valence-corrected chi connectivity index (χ4v) is 1.33. The Bertz CT molecular complexity index is 423. The van der Waals surface area contributed by atoms with Crippen molar-refractivity contribution in [3.63, 3.8) is 0 Å². The smallest absolute Gasteiger partial charge is 0.422 e. The first kappa shape index (κ1) is 16.7. The van der Waals surface area contributed by atoms with Gasteiger partial charge in [-0.1, -0.05) is 20.8 Å². The van der Waals surface area contributed by atoms with Gasteiger partial charge in [-0.2, -0.15) is 13.2 Å². The molecule has 1 heterocycles. The van der Waals surface area contributed by atoms with Crippen LogP contribution in [0.5, 0.6) is 5.88 Å². The molecule has 0 aliphatic rings. The van der Waals surface area contributed by atoms with Crippen molar-refractivity contribution in [3.05, 3.63) is 28.5 Å². The third-order valence-electron chi connectivity index (χ3n) is 2.34. The number of aryl methyl sites for hydroxylation is 1. The molecule has 20 heavy (non-hydrogen) atoms. The first-order valence-electron chi connectivity index (χ1n) is 6.02. The molecule has 0 atom stereocenters. The molecule has 0 aliphatic carbocycles. The second-order valence-corrected chi connectivity index (χ2v) is 5.41. The van der Waals surface area contributed by atoms with Crippen molar-refractivity contribution in [1.82, 2.24) is 4.98 Å². The Hall–Kier alpha value is -1.37. The highest BCUT2D eigenvalue weighted by molar-refractivity contribution is 5.29. The SMILES string of the molecule is Cc1nc(OCC(F)(F)F)c(F)cc1C[N-]C(C)(C)C. The number of nitrogens with zero attached hydrogens (tertiary/aromatic N) is 2. The molecule has 0 N–H and O–H groups in total. The third-order valence-corrected chi connectivity index (χ3v) is 2.34. The molecular weight excluding hydrogens is 276 g/mol. The summed E-state index contributed by atoms with van der Waals surface area (Å²) in [6.07, 6.45) is -4.53. The van der Waals surface area contributed by atoms with Crippen LogP contribution in [0, 0.1) is 12.7 Å². The minimum Gasteiger partial charge on any atom is -0.654 e. The zero-order valence-corrected chi connectivity index (χ0v) is 11.8. The molecule has 1 aromatic rings. The Morgan fingerprint density at radius 3 is 2.35 bits per heavy atom.